The predicted octanol–water partition coefficient (Wildman–Crippen LogP) is 0.772. The molecular weight excluding hydrogens is 358 g/mol. The Balaban J connectivity index is 1.95. The minimum absolute atomic E-state index is 0.0738. The molecule has 0 saturated carbocycles. The van der Waals surface area contributed by atoms with Gasteiger partial charge in [0.25, 0.3) is 5.89 Å². The maximum absolute atomic E-state index is 13.3. The standard InChI is InChI=1S/C16H25N5O4S/c1-5-11-14(12(6-2)20(4)18-11)26(23,24)21-9-8-16(22,10-21)15-17-13(7-3)19-25-15/h22H,5-10H2,1-4H3/t16-/m0/s1. The third-order valence-corrected chi connectivity index (χ3v) is 6.83. The van der Waals surface area contributed by atoms with Crippen molar-refractivity contribution < 1.29 is 18.0 Å². The maximum atomic E-state index is 13.3. The molecule has 0 aromatic carbocycles. The highest BCUT2D eigenvalue weighted by Gasteiger charge is 2.47. The van der Waals surface area contributed by atoms with Crippen molar-refractivity contribution in [3.8, 4) is 0 Å². The Bertz CT molecular complexity index is 904. The Kier molecular flexibility index (Phi) is 4.93. The lowest BCUT2D eigenvalue weighted by molar-refractivity contribution is 0.0194. The van der Waals surface area contributed by atoms with E-state index in [9.17, 15) is 13.5 Å². The number of hydrogen-bond donors (Lipinski definition) is 1. The molecule has 0 radical (unpaired) electrons. The van der Waals surface area contributed by atoms with Crippen LogP contribution in [0.25, 0.3) is 0 Å². The van der Waals surface area contributed by atoms with Gasteiger partial charge in [0.2, 0.25) is 10.0 Å². The van der Waals surface area contributed by atoms with Crippen molar-refractivity contribution in [3.05, 3.63) is 23.1 Å². The van der Waals surface area contributed by atoms with E-state index < -0.39 is 15.6 Å². The van der Waals surface area contributed by atoms with E-state index in [1.54, 1.807) is 11.7 Å². The first-order valence-electron chi connectivity index (χ1n) is 8.87. The van der Waals surface area contributed by atoms with Gasteiger partial charge < -0.3 is 9.63 Å². The summed E-state index contributed by atoms with van der Waals surface area (Å²) in [5, 5.41) is 19.0. The van der Waals surface area contributed by atoms with Gasteiger partial charge in [0, 0.05) is 26.4 Å². The molecule has 0 aliphatic carbocycles. The lowest BCUT2D eigenvalue weighted by atomic mass is 10.0. The van der Waals surface area contributed by atoms with Crippen LogP contribution >= 0.6 is 0 Å². The molecule has 10 heteroatoms. The minimum Gasteiger partial charge on any atom is -0.379 e. The summed E-state index contributed by atoms with van der Waals surface area (Å²) in [6, 6.07) is 0. The fraction of sp³-hybridized carbons (Fsp3) is 0.688. The summed E-state index contributed by atoms with van der Waals surface area (Å²) in [6.45, 7) is 5.74. The van der Waals surface area contributed by atoms with Crippen LogP contribution in [0.4, 0.5) is 0 Å². The molecule has 0 spiro atoms. The zero-order valence-electron chi connectivity index (χ0n) is 15.6. The SMILES string of the molecule is CCc1noc([C@]2(O)CCN(S(=O)(=O)c3c(CC)nn(C)c3CC)C2)n1. The van der Waals surface area contributed by atoms with Crippen LogP contribution in [0.5, 0.6) is 0 Å². The second-order valence-electron chi connectivity index (χ2n) is 6.54. The maximum Gasteiger partial charge on any atom is 0.260 e. The molecule has 2 aromatic heterocycles. The molecule has 9 nitrogen and oxygen atoms in total. The molecule has 26 heavy (non-hydrogen) atoms. The number of aliphatic hydroxyl groups is 1. The molecule has 144 valence electrons. The van der Waals surface area contributed by atoms with E-state index in [4.69, 9.17) is 4.52 Å². The van der Waals surface area contributed by atoms with Gasteiger partial charge in [0.15, 0.2) is 11.4 Å². The van der Waals surface area contributed by atoms with Crippen molar-refractivity contribution in [2.75, 3.05) is 13.1 Å². The zero-order chi connectivity index (χ0) is 19.1. The van der Waals surface area contributed by atoms with Crippen molar-refractivity contribution in [3.63, 3.8) is 0 Å². The van der Waals surface area contributed by atoms with Crippen LogP contribution in [0.3, 0.4) is 0 Å². The molecule has 3 rings (SSSR count). The molecule has 0 bridgehead atoms. The van der Waals surface area contributed by atoms with Gasteiger partial charge in [-0.2, -0.15) is 14.4 Å². The van der Waals surface area contributed by atoms with Gasteiger partial charge in [-0.1, -0.05) is 25.9 Å². The Morgan fingerprint density at radius 2 is 1.96 bits per heavy atom. The van der Waals surface area contributed by atoms with Gasteiger partial charge in [-0.15, -0.1) is 0 Å². The van der Waals surface area contributed by atoms with Gasteiger partial charge in [-0.3, -0.25) is 4.68 Å². The summed E-state index contributed by atoms with van der Waals surface area (Å²) in [6.07, 6.45) is 1.86. The third kappa shape index (κ3) is 2.95. The number of nitrogens with zero attached hydrogens (tertiary/aromatic N) is 5. The summed E-state index contributed by atoms with van der Waals surface area (Å²) in [5.74, 6) is 0.563. The van der Waals surface area contributed by atoms with E-state index >= 15 is 0 Å². The largest absolute Gasteiger partial charge is 0.379 e. The second-order valence-corrected chi connectivity index (χ2v) is 8.42. The first kappa shape index (κ1) is 19.0. The van der Waals surface area contributed by atoms with Crippen molar-refractivity contribution in [2.45, 2.75) is 57.0 Å². The number of β-amino-alcohol motifs (C(OH)–C–C–N with tert-alkyl or cyclic N) is 1. The topological polar surface area (TPSA) is 114 Å². The van der Waals surface area contributed by atoms with E-state index in [-0.39, 0.29) is 30.3 Å². The molecule has 1 atom stereocenters. The zero-order valence-corrected chi connectivity index (χ0v) is 16.4. The molecular formula is C16H25N5O4S. The van der Waals surface area contributed by atoms with E-state index in [1.165, 1.54) is 4.31 Å². The van der Waals surface area contributed by atoms with Crippen LogP contribution in [0.15, 0.2) is 9.42 Å². The molecule has 0 unspecified atom stereocenters. The van der Waals surface area contributed by atoms with Crippen LogP contribution in [0.2, 0.25) is 0 Å². The number of rotatable bonds is 6. The van der Waals surface area contributed by atoms with Crippen LogP contribution < -0.4 is 0 Å². The van der Waals surface area contributed by atoms with Gasteiger partial charge in [0.05, 0.1) is 17.9 Å². The molecule has 1 aliphatic heterocycles. The lowest BCUT2D eigenvalue weighted by Gasteiger charge is -2.20. The van der Waals surface area contributed by atoms with Gasteiger partial charge in [-0.05, 0) is 12.8 Å². The first-order chi connectivity index (χ1) is 12.3. The molecule has 1 saturated heterocycles. The fourth-order valence-electron chi connectivity index (χ4n) is 3.37. The van der Waals surface area contributed by atoms with E-state index in [2.05, 4.69) is 15.2 Å². The average Bonchev–Trinajstić information content (AvgIpc) is 3.31. The molecule has 1 aliphatic rings. The van der Waals surface area contributed by atoms with Crippen LogP contribution in [-0.2, 0) is 41.9 Å². The summed E-state index contributed by atoms with van der Waals surface area (Å²) in [5.41, 5.74) is -0.247. The number of sulfonamides is 1. The Morgan fingerprint density at radius 3 is 2.54 bits per heavy atom. The van der Waals surface area contributed by atoms with E-state index in [1.807, 2.05) is 20.8 Å². The monoisotopic (exact) mass is 383 g/mol. The normalized spacial score (nSPS) is 21.6. The third-order valence-electron chi connectivity index (χ3n) is 4.85. The van der Waals surface area contributed by atoms with Crippen LogP contribution in [0.1, 0.15) is 50.3 Å². The Morgan fingerprint density at radius 1 is 1.23 bits per heavy atom. The summed E-state index contributed by atoms with van der Waals surface area (Å²) < 4.78 is 34.6. The molecule has 0 amide bonds. The van der Waals surface area contributed by atoms with Gasteiger partial charge in [0.1, 0.15) is 4.90 Å². The van der Waals surface area contributed by atoms with Crippen molar-refractivity contribution >= 4 is 10.0 Å². The number of hydrogen-bond acceptors (Lipinski definition) is 7. The molecule has 3 heterocycles. The quantitative estimate of drug-likeness (QED) is 0.783. The Labute approximate surface area is 153 Å². The van der Waals surface area contributed by atoms with E-state index in [0.717, 1.165) is 0 Å². The van der Waals surface area contributed by atoms with Gasteiger partial charge >= 0.3 is 0 Å². The van der Waals surface area contributed by atoms with Crippen molar-refractivity contribution in [1.82, 2.24) is 24.2 Å². The number of aryl methyl sites for hydroxylation is 3. The first-order valence-corrected chi connectivity index (χ1v) is 10.3. The Hall–Kier alpha value is -1.78. The van der Waals surface area contributed by atoms with Crippen LogP contribution in [0, 0.1) is 0 Å². The van der Waals surface area contributed by atoms with Crippen LogP contribution in [-0.4, -0.2) is 50.8 Å². The fourth-order valence-corrected chi connectivity index (χ4v) is 5.40. The highest BCUT2D eigenvalue weighted by Crippen LogP contribution is 2.35. The average molecular weight is 383 g/mol. The van der Waals surface area contributed by atoms with Crippen molar-refractivity contribution in [2.24, 2.45) is 7.05 Å². The lowest BCUT2D eigenvalue weighted by Crippen LogP contribution is -2.35. The number of aromatic nitrogens is 4. The van der Waals surface area contributed by atoms with Crippen molar-refractivity contribution in [1.29, 1.82) is 0 Å². The molecule has 1 fully saturated rings. The second kappa shape index (κ2) is 6.75. The summed E-state index contributed by atoms with van der Waals surface area (Å²) >= 11 is 0. The predicted molar refractivity (Wildman–Crippen MR) is 92.9 cm³/mol. The van der Waals surface area contributed by atoms with Gasteiger partial charge in [-0.25, -0.2) is 8.42 Å². The minimum atomic E-state index is -3.78. The van der Waals surface area contributed by atoms with E-state index in [0.29, 0.717) is 36.5 Å². The smallest absolute Gasteiger partial charge is 0.260 e. The molecule has 2 aromatic rings. The highest BCUT2D eigenvalue weighted by molar-refractivity contribution is 7.89. The highest BCUT2D eigenvalue weighted by atomic mass is 32.2. The summed E-state index contributed by atoms with van der Waals surface area (Å²) in [7, 11) is -2.03. The molecule has 1 N–H and O–H groups in total. The summed E-state index contributed by atoms with van der Waals surface area (Å²) in [4.78, 5) is 4.44.